The number of aryl methyl sites for hydroxylation is 1. The number of nitrogens with zero attached hydrogens (tertiary/aromatic N) is 1. The largest absolute Gasteiger partial charge is 0.477 e. The van der Waals surface area contributed by atoms with Crippen LogP contribution in [0.1, 0.15) is 65.9 Å². The fourth-order valence-electron chi connectivity index (χ4n) is 3.19. The first-order valence-electron chi connectivity index (χ1n) is 9.70. The maximum atomic E-state index is 13.0. The van der Waals surface area contributed by atoms with Crippen molar-refractivity contribution in [3.8, 4) is 5.88 Å². The number of carbonyl (C=O) groups excluding carboxylic acids is 1. The highest BCUT2D eigenvalue weighted by Gasteiger charge is 2.39. The van der Waals surface area contributed by atoms with Gasteiger partial charge in [0.15, 0.2) is 0 Å². The lowest BCUT2D eigenvalue weighted by Gasteiger charge is -2.34. The Balaban J connectivity index is 2.92. The van der Waals surface area contributed by atoms with Crippen molar-refractivity contribution in [2.75, 3.05) is 19.0 Å². The normalized spacial score (nSPS) is 11.9. The summed E-state index contributed by atoms with van der Waals surface area (Å²) >= 11 is 0. The lowest BCUT2D eigenvalue weighted by Crippen LogP contribution is -2.47. The average Bonchev–Trinajstić information content (AvgIpc) is 2.55. The zero-order chi connectivity index (χ0) is 19.7. The highest BCUT2D eigenvalue weighted by atomic mass is 16.5. The van der Waals surface area contributed by atoms with E-state index in [0.717, 1.165) is 18.4 Å². The fraction of sp³-hybridized carbons (Fsp3) is 0.714. The third-order valence-electron chi connectivity index (χ3n) is 4.31. The summed E-state index contributed by atoms with van der Waals surface area (Å²) in [5, 5.41) is 3.00. The molecule has 0 aliphatic heterocycles. The van der Waals surface area contributed by atoms with E-state index in [1.165, 1.54) is 0 Å². The van der Waals surface area contributed by atoms with Crippen LogP contribution in [0.4, 0.5) is 5.69 Å². The number of carbonyl (C=O) groups is 1. The highest BCUT2D eigenvalue weighted by Crippen LogP contribution is 2.30. The summed E-state index contributed by atoms with van der Waals surface area (Å²) in [5.41, 5.74) is 0.755. The maximum absolute atomic E-state index is 13.0. The van der Waals surface area contributed by atoms with Crippen LogP contribution in [-0.4, -0.2) is 30.2 Å². The number of hydrogen-bond acceptors (Lipinski definition) is 4. The van der Waals surface area contributed by atoms with Crippen LogP contribution >= 0.6 is 0 Å². The Hall–Kier alpha value is -1.62. The van der Waals surface area contributed by atoms with E-state index in [-0.39, 0.29) is 5.91 Å². The van der Waals surface area contributed by atoms with Crippen molar-refractivity contribution in [1.82, 2.24) is 4.98 Å². The summed E-state index contributed by atoms with van der Waals surface area (Å²) in [6.07, 6.45) is 5.09. The average molecular weight is 365 g/mol. The van der Waals surface area contributed by atoms with Gasteiger partial charge in [0.2, 0.25) is 5.88 Å². The predicted octanol–water partition coefficient (Wildman–Crippen LogP) is 4.98. The Bertz CT molecular complexity index is 560. The van der Waals surface area contributed by atoms with Gasteiger partial charge in [-0.15, -0.1) is 0 Å². The number of anilines is 1. The van der Waals surface area contributed by atoms with E-state index in [0.29, 0.717) is 42.9 Å². The van der Waals surface area contributed by atoms with E-state index in [1.807, 2.05) is 13.0 Å². The molecule has 148 valence electrons. The molecule has 0 radical (unpaired) electrons. The molecule has 0 saturated heterocycles. The molecule has 0 fully saturated rings. The summed E-state index contributed by atoms with van der Waals surface area (Å²) in [7, 11) is 1.62. The standard InChI is InChI=1S/C21H36N2O3/c1-8-9-10-26-19-17(6)11-18(14-22-19)23-20(24)21(25-7,12-15(2)3)13-16(4)5/h11,14-16H,8-10,12-13H2,1-7H3,(H,23,24). The van der Waals surface area contributed by atoms with Gasteiger partial charge >= 0.3 is 0 Å². The smallest absolute Gasteiger partial charge is 0.256 e. The Morgan fingerprint density at radius 3 is 2.31 bits per heavy atom. The molecule has 0 aliphatic rings. The number of nitrogens with one attached hydrogen (secondary N) is 1. The molecular formula is C21H36N2O3. The van der Waals surface area contributed by atoms with E-state index in [9.17, 15) is 4.79 Å². The molecule has 26 heavy (non-hydrogen) atoms. The Morgan fingerprint density at radius 2 is 1.85 bits per heavy atom. The molecule has 0 unspecified atom stereocenters. The van der Waals surface area contributed by atoms with Crippen molar-refractivity contribution in [2.24, 2.45) is 11.8 Å². The Kier molecular flexibility index (Phi) is 9.06. The van der Waals surface area contributed by atoms with Crippen molar-refractivity contribution in [3.05, 3.63) is 17.8 Å². The molecule has 1 heterocycles. The maximum Gasteiger partial charge on any atom is 0.256 e. The van der Waals surface area contributed by atoms with Crippen molar-refractivity contribution in [3.63, 3.8) is 0 Å². The number of hydrogen-bond donors (Lipinski definition) is 1. The summed E-state index contributed by atoms with van der Waals surface area (Å²) < 4.78 is 11.4. The first-order chi connectivity index (χ1) is 12.2. The van der Waals surface area contributed by atoms with Gasteiger partial charge in [0.25, 0.3) is 5.91 Å². The minimum absolute atomic E-state index is 0.108. The number of amides is 1. The van der Waals surface area contributed by atoms with Crippen LogP contribution in [0, 0.1) is 18.8 Å². The molecule has 1 aromatic heterocycles. The SMILES string of the molecule is CCCCOc1ncc(NC(=O)C(CC(C)C)(CC(C)C)OC)cc1C. The van der Waals surface area contributed by atoms with E-state index < -0.39 is 5.60 Å². The molecule has 5 heteroatoms. The zero-order valence-electron chi connectivity index (χ0n) is 17.5. The van der Waals surface area contributed by atoms with Crippen molar-refractivity contribution in [2.45, 2.75) is 72.8 Å². The molecule has 0 saturated carbocycles. The lowest BCUT2D eigenvalue weighted by atomic mass is 9.84. The summed E-state index contributed by atoms with van der Waals surface area (Å²) in [6, 6.07) is 1.90. The number of rotatable bonds is 11. The zero-order valence-corrected chi connectivity index (χ0v) is 17.5. The first kappa shape index (κ1) is 22.4. The van der Waals surface area contributed by atoms with E-state index in [1.54, 1.807) is 13.3 Å². The van der Waals surface area contributed by atoms with Crippen LogP contribution in [0.15, 0.2) is 12.3 Å². The molecule has 1 aromatic rings. The summed E-state index contributed by atoms with van der Waals surface area (Å²) in [6.45, 7) is 13.1. The van der Waals surface area contributed by atoms with Gasteiger partial charge in [-0.3, -0.25) is 4.79 Å². The topological polar surface area (TPSA) is 60.5 Å². The summed E-state index contributed by atoms with van der Waals surface area (Å²) in [5.74, 6) is 1.23. The van der Waals surface area contributed by atoms with E-state index in [2.05, 4.69) is 44.9 Å². The second-order valence-electron chi connectivity index (χ2n) is 7.90. The van der Waals surface area contributed by atoms with Gasteiger partial charge in [-0.25, -0.2) is 4.98 Å². The molecule has 1 amide bonds. The molecule has 0 aliphatic carbocycles. The van der Waals surface area contributed by atoms with Gasteiger partial charge in [0.05, 0.1) is 18.5 Å². The second-order valence-corrected chi connectivity index (χ2v) is 7.90. The number of unbranched alkanes of at least 4 members (excludes halogenated alkanes) is 1. The fourth-order valence-corrected chi connectivity index (χ4v) is 3.19. The van der Waals surface area contributed by atoms with Crippen molar-refractivity contribution < 1.29 is 14.3 Å². The second kappa shape index (κ2) is 10.5. The quantitative estimate of drug-likeness (QED) is 0.562. The van der Waals surface area contributed by atoms with Crippen LogP contribution in [0.25, 0.3) is 0 Å². The van der Waals surface area contributed by atoms with Crippen LogP contribution in [-0.2, 0) is 9.53 Å². The number of pyridine rings is 1. The number of ether oxygens (including phenoxy) is 2. The minimum atomic E-state index is -0.827. The third kappa shape index (κ3) is 6.60. The van der Waals surface area contributed by atoms with Gasteiger partial charge in [0, 0.05) is 12.7 Å². The third-order valence-corrected chi connectivity index (χ3v) is 4.31. The predicted molar refractivity (Wildman–Crippen MR) is 107 cm³/mol. The highest BCUT2D eigenvalue weighted by molar-refractivity contribution is 5.97. The molecular weight excluding hydrogens is 328 g/mol. The van der Waals surface area contributed by atoms with Crippen LogP contribution in [0.3, 0.4) is 0 Å². The van der Waals surface area contributed by atoms with Gasteiger partial charge < -0.3 is 14.8 Å². The van der Waals surface area contributed by atoms with Crippen LogP contribution in [0.2, 0.25) is 0 Å². The number of aromatic nitrogens is 1. The van der Waals surface area contributed by atoms with E-state index >= 15 is 0 Å². The van der Waals surface area contributed by atoms with Crippen molar-refractivity contribution >= 4 is 11.6 Å². The van der Waals surface area contributed by atoms with Gasteiger partial charge in [0.1, 0.15) is 5.60 Å². The molecule has 0 atom stereocenters. The molecule has 0 bridgehead atoms. The monoisotopic (exact) mass is 364 g/mol. The molecule has 1 N–H and O–H groups in total. The van der Waals surface area contributed by atoms with E-state index in [4.69, 9.17) is 9.47 Å². The van der Waals surface area contributed by atoms with Gasteiger partial charge in [-0.05, 0) is 44.1 Å². The van der Waals surface area contributed by atoms with Crippen molar-refractivity contribution in [1.29, 1.82) is 0 Å². The molecule has 5 nitrogen and oxygen atoms in total. The molecule has 0 spiro atoms. The first-order valence-corrected chi connectivity index (χ1v) is 9.70. The van der Waals surface area contributed by atoms with Crippen LogP contribution < -0.4 is 10.1 Å². The summed E-state index contributed by atoms with van der Waals surface area (Å²) in [4.78, 5) is 17.4. The minimum Gasteiger partial charge on any atom is -0.477 e. The van der Waals surface area contributed by atoms with Gasteiger partial charge in [-0.1, -0.05) is 41.0 Å². The molecule has 0 aromatic carbocycles. The van der Waals surface area contributed by atoms with Gasteiger partial charge in [-0.2, -0.15) is 0 Å². The molecule has 1 rings (SSSR count). The number of methoxy groups -OCH3 is 1. The lowest BCUT2D eigenvalue weighted by molar-refractivity contribution is -0.142. The Labute approximate surface area is 158 Å². The van der Waals surface area contributed by atoms with Crippen LogP contribution in [0.5, 0.6) is 5.88 Å². The Morgan fingerprint density at radius 1 is 1.23 bits per heavy atom.